The number of carbonyl (C=O) groups is 2. The number of hydrogen-bond acceptors (Lipinski definition) is 5. The molecule has 2 amide bonds. The molecule has 8 heteroatoms. The van der Waals surface area contributed by atoms with Gasteiger partial charge in [-0.3, -0.25) is 19.6 Å². The Bertz CT molecular complexity index is 828. The molecule has 0 saturated carbocycles. The maximum Gasteiger partial charge on any atom is 0.235 e. The van der Waals surface area contributed by atoms with Gasteiger partial charge in [-0.15, -0.1) is 12.4 Å². The van der Waals surface area contributed by atoms with Gasteiger partial charge in [0.25, 0.3) is 0 Å². The molecular weight excluding hydrogens is 354 g/mol. The number of aromatic nitrogens is 2. The van der Waals surface area contributed by atoms with Gasteiger partial charge in [-0.25, -0.2) is 0 Å². The minimum absolute atomic E-state index is 0. The zero-order chi connectivity index (χ0) is 17.4. The van der Waals surface area contributed by atoms with Gasteiger partial charge in [0, 0.05) is 24.9 Å². The number of aryl methyl sites for hydroxylation is 1. The van der Waals surface area contributed by atoms with Crippen molar-refractivity contribution in [3.8, 4) is 0 Å². The van der Waals surface area contributed by atoms with Gasteiger partial charge in [0.2, 0.25) is 11.8 Å². The summed E-state index contributed by atoms with van der Waals surface area (Å²) in [7, 11) is 1.91. The van der Waals surface area contributed by atoms with Gasteiger partial charge in [0.05, 0.1) is 22.8 Å². The van der Waals surface area contributed by atoms with Gasteiger partial charge in [-0.05, 0) is 38.4 Å². The number of piperidine rings is 2. The fraction of sp³-hybridized carbons (Fsp3) is 0.500. The van der Waals surface area contributed by atoms with E-state index in [2.05, 4.69) is 27.1 Å². The van der Waals surface area contributed by atoms with Gasteiger partial charge in [-0.2, -0.15) is 5.10 Å². The molecule has 0 bridgehead atoms. The number of nitrogens with zero attached hydrogens (tertiary/aromatic N) is 2. The molecule has 4 rings (SSSR count). The number of nitrogens with one attached hydrogen (secondary N) is 3. The Morgan fingerprint density at radius 2 is 1.96 bits per heavy atom. The second-order valence-electron chi connectivity index (χ2n) is 6.88. The minimum Gasteiger partial charge on any atom is -0.380 e. The molecule has 1 aromatic carbocycles. The summed E-state index contributed by atoms with van der Waals surface area (Å²) in [5.41, 5.74) is 2.83. The third-order valence-corrected chi connectivity index (χ3v) is 5.16. The number of amides is 2. The van der Waals surface area contributed by atoms with Crippen LogP contribution in [0.15, 0.2) is 18.2 Å². The van der Waals surface area contributed by atoms with Gasteiger partial charge >= 0.3 is 0 Å². The Hall–Kier alpha value is -2.12. The number of carbonyl (C=O) groups excluding carboxylic acids is 2. The number of anilines is 1. The van der Waals surface area contributed by atoms with Crippen LogP contribution in [0.3, 0.4) is 0 Å². The standard InChI is InChI=1S/C18H23N5O2.ClH/c1-23-17-12(16(22-23)13-5-6-15(24)21-18(13)25)3-2-4-14(17)20-11-7-9-19-10-8-11;/h2-4,11,13,19-20H,5-10H2,1H3,(H,21,24,25);1H. The number of halogens is 1. The molecule has 1 unspecified atom stereocenters. The molecule has 0 radical (unpaired) electrons. The van der Waals surface area contributed by atoms with E-state index < -0.39 is 0 Å². The molecule has 2 aromatic rings. The molecule has 0 spiro atoms. The molecule has 2 aliphatic rings. The summed E-state index contributed by atoms with van der Waals surface area (Å²) in [4.78, 5) is 23.7. The maximum absolute atomic E-state index is 12.3. The zero-order valence-electron chi connectivity index (χ0n) is 14.7. The zero-order valence-corrected chi connectivity index (χ0v) is 15.6. The van der Waals surface area contributed by atoms with Crippen molar-refractivity contribution in [2.24, 2.45) is 7.05 Å². The van der Waals surface area contributed by atoms with Crippen molar-refractivity contribution in [3.63, 3.8) is 0 Å². The van der Waals surface area contributed by atoms with Crippen LogP contribution in [0.4, 0.5) is 5.69 Å². The molecule has 2 fully saturated rings. The summed E-state index contributed by atoms with van der Waals surface area (Å²) in [6, 6.07) is 6.53. The molecule has 2 aliphatic heterocycles. The Kier molecular flexibility index (Phi) is 5.48. The van der Waals surface area contributed by atoms with Gasteiger partial charge in [-0.1, -0.05) is 12.1 Å². The van der Waals surface area contributed by atoms with Gasteiger partial charge in [0.15, 0.2) is 0 Å². The fourth-order valence-electron chi connectivity index (χ4n) is 3.88. The van der Waals surface area contributed by atoms with Crippen molar-refractivity contribution in [1.82, 2.24) is 20.4 Å². The number of para-hydroxylation sites is 1. The Balaban J connectivity index is 0.00000196. The lowest BCUT2D eigenvalue weighted by molar-refractivity contribution is -0.134. The highest BCUT2D eigenvalue weighted by molar-refractivity contribution is 6.03. The quantitative estimate of drug-likeness (QED) is 0.708. The van der Waals surface area contributed by atoms with Crippen molar-refractivity contribution in [3.05, 3.63) is 23.9 Å². The average molecular weight is 378 g/mol. The summed E-state index contributed by atoms with van der Waals surface area (Å²) in [6.07, 6.45) is 3.06. The summed E-state index contributed by atoms with van der Waals surface area (Å²) >= 11 is 0. The van der Waals surface area contributed by atoms with E-state index in [0.29, 0.717) is 18.9 Å². The lowest BCUT2D eigenvalue weighted by Crippen LogP contribution is -2.39. The number of fused-ring (bicyclic) bond motifs is 1. The molecule has 1 aromatic heterocycles. The van der Waals surface area contributed by atoms with E-state index in [4.69, 9.17) is 0 Å². The monoisotopic (exact) mass is 377 g/mol. The van der Waals surface area contributed by atoms with Crippen molar-refractivity contribution in [2.45, 2.75) is 37.6 Å². The first-order valence-corrected chi connectivity index (χ1v) is 8.90. The normalized spacial score (nSPS) is 21.3. The highest BCUT2D eigenvalue weighted by atomic mass is 35.5. The van der Waals surface area contributed by atoms with Crippen molar-refractivity contribution in [1.29, 1.82) is 0 Å². The highest BCUT2D eigenvalue weighted by Gasteiger charge is 2.32. The molecule has 0 aliphatic carbocycles. The van der Waals surface area contributed by atoms with E-state index in [0.717, 1.165) is 48.2 Å². The highest BCUT2D eigenvalue weighted by Crippen LogP contribution is 2.33. The Labute approximate surface area is 158 Å². The topological polar surface area (TPSA) is 88.0 Å². The number of rotatable bonds is 3. The van der Waals surface area contributed by atoms with Crippen LogP contribution in [-0.4, -0.2) is 40.7 Å². The molecular formula is C18H24ClN5O2. The fourth-order valence-corrected chi connectivity index (χ4v) is 3.88. The summed E-state index contributed by atoms with van der Waals surface area (Å²) < 4.78 is 1.85. The van der Waals surface area contributed by atoms with Crippen molar-refractivity contribution in [2.75, 3.05) is 18.4 Å². The van der Waals surface area contributed by atoms with E-state index in [1.54, 1.807) is 0 Å². The van der Waals surface area contributed by atoms with Crippen LogP contribution in [0.2, 0.25) is 0 Å². The van der Waals surface area contributed by atoms with Crippen LogP contribution in [0.5, 0.6) is 0 Å². The van der Waals surface area contributed by atoms with E-state index in [-0.39, 0.29) is 30.1 Å². The molecule has 7 nitrogen and oxygen atoms in total. The van der Waals surface area contributed by atoms with Crippen LogP contribution in [0.1, 0.15) is 37.3 Å². The largest absolute Gasteiger partial charge is 0.380 e. The minimum atomic E-state index is -0.365. The third-order valence-electron chi connectivity index (χ3n) is 5.16. The SMILES string of the molecule is Cl.Cn1nc(C2CCC(=O)NC2=O)c2cccc(NC3CCNCC3)c21. The predicted molar refractivity (Wildman–Crippen MR) is 103 cm³/mol. The first-order chi connectivity index (χ1) is 12.1. The van der Waals surface area contributed by atoms with E-state index in [1.165, 1.54) is 0 Å². The van der Waals surface area contributed by atoms with Gasteiger partial charge in [0.1, 0.15) is 0 Å². The molecule has 1 atom stereocenters. The summed E-state index contributed by atoms with van der Waals surface area (Å²) in [5, 5.41) is 15.1. The molecule has 26 heavy (non-hydrogen) atoms. The Morgan fingerprint density at radius 3 is 2.69 bits per heavy atom. The van der Waals surface area contributed by atoms with Crippen molar-refractivity contribution < 1.29 is 9.59 Å². The van der Waals surface area contributed by atoms with Crippen LogP contribution in [0.25, 0.3) is 10.9 Å². The van der Waals surface area contributed by atoms with Gasteiger partial charge < -0.3 is 10.6 Å². The summed E-state index contributed by atoms with van der Waals surface area (Å²) in [5.74, 6) is -0.807. The maximum atomic E-state index is 12.3. The van der Waals surface area contributed by atoms with Crippen LogP contribution in [0, 0.1) is 0 Å². The second kappa shape index (κ2) is 7.63. The average Bonchev–Trinajstić information content (AvgIpc) is 2.94. The summed E-state index contributed by atoms with van der Waals surface area (Å²) in [6.45, 7) is 2.06. The van der Waals surface area contributed by atoms with E-state index in [9.17, 15) is 9.59 Å². The first kappa shape index (κ1) is 18.7. The third kappa shape index (κ3) is 3.41. The molecule has 140 valence electrons. The smallest absolute Gasteiger partial charge is 0.235 e. The lowest BCUT2D eigenvalue weighted by Gasteiger charge is -2.25. The molecule has 3 heterocycles. The number of imide groups is 1. The van der Waals surface area contributed by atoms with Crippen LogP contribution < -0.4 is 16.0 Å². The first-order valence-electron chi connectivity index (χ1n) is 8.90. The van der Waals surface area contributed by atoms with Crippen LogP contribution in [-0.2, 0) is 16.6 Å². The van der Waals surface area contributed by atoms with E-state index >= 15 is 0 Å². The number of hydrogen-bond donors (Lipinski definition) is 3. The number of benzene rings is 1. The Morgan fingerprint density at radius 1 is 1.19 bits per heavy atom. The molecule has 3 N–H and O–H groups in total. The van der Waals surface area contributed by atoms with Crippen molar-refractivity contribution >= 4 is 40.8 Å². The molecule has 2 saturated heterocycles. The predicted octanol–water partition coefficient (Wildman–Crippen LogP) is 1.68. The van der Waals surface area contributed by atoms with Crippen LogP contribution >= 0.6 is 12.4 Å². The van der Waals surface area contributed by atoms with E-state index in [1.807, 2.05) is 23.9 Å². The lowest BCUT2D eigenvalue weighted by atomic mass is 9.92. The second-order valence-corrected chi connectivity index (χ2v) is 6.88.